The predicted molar refractivity (Wildman–Crippen MR) is 41.2 cm³/mol. The van der Waals surface area contributed by atoms with E-state index in [4.69, 9.17) is 5.84 Å². The standard InChI is InChI=1S/C7H9N2O/c1-6-2-4-7(5-3-6)9(8)10/h2-5H,8H2,1H3/q-1. The van der Waals surface area contributed by atoms with E-state index in [1.807, 2.05) is 19.1 Å². The van der Waals surface area contributed by atoms with Gasteiger partial charge in [-0.3, -0.25) is 5.84 Å². The van der Waals surface area contributed by atoms with E-state index in [9.17, 15) is 5.21 Å². The molecule has 1 aromatic rings. The van der Waals surface area contributed by atoms with Gasteiger partial charge in [-0.1, -0.05) is 17.7 Å². The van der Waals surface area contributed by atoms with Crippen molar-refractivity contribution in [2.45, 2.75) is 6.92 Å². The summed E-state index contributed by atoms with van der Waals surface area (Å²) >= 11 is 0. The first-order chi connectivity index (χ1) is 4.70. The number of nitrogens with two attached hydrogens (primary N) is 1. The molecule has 0 heterocycles. The summed E-state index contributed by atoms with van der Waals surface area (Å²) in [5, 5.41) is 10.8. The third-order valence-corrected chi connectivity index (χ3v) is 1.29. The van der Waals surface area contributed by atoms with Crippen molar-refractivity contribution in [1.82, 2.24) is 0 Å². The maximum absolute atomic E-state index is 10.5. The molecule has 0 atom stereocenters. The number of anilines is 1. The Kier molecular flexibility index (Phi) is 1.89. The summed E-state index contributed by atoms with van der Waals surface area (Å²) in [5.74, 6) is 4.94. The van der Waals surface area contributed by atoms with Crippen molar-refractivity contribution in [1.29, 1.82) is 0 Å². The first kappa shape index (κ1) is 7.05. The van der Waals surface area contributed by atoms with E-state index in [0.717, 1.165) is 5.56 Å². The van der Waals surface area contributed by atoms with Gasteiger partial charge in [0.05, 0.1) is 0 Å². The minimum absolute atomic E-state index is 0.347. The molecule has 0 aliphatic heterocycles. The molecule has 0 amide bonds. The van der Waals surface area contributed by atoms with E-state index in [-0.39, 0.29) is 0 Å². The van der Waals surface area contributed by atoms with E-state index < -0.39 is 0 Å². The van der Waals surface area contributed by atoms with E-state index in [1.54, 1.807) is 12.1 Å². The minimum Gasteiger partial charge on any atom is -0.743 e. The summed E-state index contributed by atoms with van der Waals surface area (Å²) in [4.78, 5) is 0. The molecule has 1 rings (SSSR count). The summed E-state index contributed by atoms with van der Waals surface area (Å²) in [5.41, 5.74) is 1.59. The van der Waals surface area contributed by atoms with E-state index >= 15 is 0 Å². The molecule has 0 saturated carbocycles. The lowest BCUT2D eigenvalue weighted by molar-refractivity contribution is 1.09. The van der Waals surface area contributed by atoms with Gasteiger partial charge < -0.3 is 10.4 Å². The van der Waals surface area contributed by atoms with E-state index in [1.165, 1.54) is 0 Å². The van der Waals surface area contributed by atoms with Gasteiger partial charge in [-0.2, -0.15) is 0 Å². The van der Waals surface area contributed by atoms with Gasteiger partial charge in [0, 0.05) is 5.69 Å². The highest BCUT2D eigenvalue weighted by Crippen LogP contribution is 2.09. The zero-order chi connectivity index (χ0) is 7.56. The summed E-state index contributed by atoms with van der Waals surface area (Å²) in [6.07, 6.45) is 0. The van der Waals surface area contributed by atoms with Gasteiger partial charge >= 0.3 is 0 Å². The molecule has 3 nitrogen and oxygen atoms in total. The highest BCUT2D eigenvalue weighted by atomic mass is 16.5. The van der Waals surface area contributed by atoms with Crippen LogP contribution < -0.4 is 11.0 Å². The third-order valence-electron chi connectivity index (χ3n) is 1.29. The summed E-state index contributed by atoms with van der Waals surface area (Å²) in [7, 11) is 0. The Balaban J connectivity index is 2.89. The van der Waals surface area contributed by atoms with Gasteiger partial charge in [0.25, 0.3) is 0 Å². The second kappa shape index (κ2) is 2.68. The van der Waals surface area contributed by atoms with Gasteiger partial charge in [-0.25, -0.2) is 0 Å². The first-order valence-corrected chi connectivity index (χ1v) is 2.99. The topological polar surface area (TPSA) is 52.3 Å². The lowest BCUT2D eigenvalue weighted by Crippen LogP contribution is -2.22. The average Bonchev–Trinajstić information content (AvgIpc) is 1.88. The quantitative estimate of drug-likeness (QED) is 0.467. The summed E-state index contributed by atoms with van der Waals surface area (Å²) in [6, 6.07) is 7.05. The third kappa shape index (κ3) is 1.46. The number of hydrogen-bond acceptors (Lipinski definition) is 3. The van der Waals surface area contributed by atoms with Crippen LogP contribution in [0.1, 0.15) is 5.56 Å². The van der Waals surface area contributed by atoms with Crippen LogP contribution in [0.15, 0.2) is 24.3 Å². The highest BCUT2D eigenvalue weighted by molar-refractivity contribution is 5.46. The van der Waals surface area contributed by atoms with Crippen molar-refractivity contribution in [3.8, 4) is 0 Å². The molecule has 0 fully saturated rings. The first-order valence-electron chi connectivity index (χ1n) is 2.99. The fraction of sp³-hybridized carbons (Fsp3) is 0.143. The molecule has 3 heteroatoms. The maximum Gasteiger partial charge on any atom is 0.0403 e. The van der Waals surface area contributed by atoms with Gasteiger partial charge in [-0.15, -0.1) is 0 Å². The highest BCUT2D eigenvalue weighted by Gasteiger charge is 1.87. The molecule has 0 aliphatic rings. The van der Waals surface area contributed by atoms with Crippen molar-refractivity contribution in [2.75, 3.05) is 5.17 Å². The van der Waals surface area contributed by atoms with Crippen molar-refractivity contribution in [3.63, 3.8) is 0 Å². The summed E-state index contributed by atoms with van der Waals surface area (Å²) < 4.78 is 0. The molecule has 1 aromatic carbocycles. The predicted octanol–water partition coefficient (Wildman–Crippen LogP) is 1.17. The monoisotopic (exact) mass is 137 g/mol. The normalized spacial score (nSPS) is 9.50. The Morgan fingerprint density at radius 1 is 1.30 bits per heavy atom. The zero-order valence-electron chi connectivity index (χ0n) is 5.74. The fourth-order valence-electron chi connectivity index (χ4n) is 0.692. The molecule has 54 valence electrons. The largest absolute Gasteiger partial charge is 0.743 e. The van der Waals surface area contributed by atoms with Gasteiger partial charge in [0.1, 0.15) is 0 Å². The van der Waals surface area contributed by atoms with Crippen LogP contribution in [0.4, 0.5) is 5.69 Å². The van der Waals surface area contributed by atoms with Crippen LogP contribution in [-0.4, -0.2) is 0 Å². The fourth-order valence-corrected chi connectivity index (χ4v) is 0.692. The van der Waals surface area contributed by atoms with Crippen molar-refractivity contribution < 1.29 is 0 Å². The molecular formula is C7H9N2O-. The Morgan fingerprint density at radius 3 is 2.20 bits per heavy atom. The molecule has 0 unspecified atom stereocenters. The molecule has 0 aromatic heterocycles. The smallest absolute Gasteiger partial charge is 0.0403 e. The SMILES string of the molecule is Cc1ccc(N(N)[O-])cc1. The Bertz CT molecular complexity index is 205. The molecule has 10 heavy (non-hydrogen) atoms. The molecule has 0 spiro atoms. The maximum atomic E-state index is 10.5. The van der Waals surface area contributed by atoms with Crippen LogP contribution in [-0.2, 0) is 0 Å². The lowest BCUT2D eigenvalue weighted by Gasteiger charge is -2.23. The number of nitrogens with zero attached hydrogens (tertiary/aromatic N) is 1. The van der Waals surface area contributed by atoms with Crippen LogP contribution >= 0.6 is 0 Å². The zero-order valence-corrected chi connectivity index (χ0v) is 5.74. The van der Waals surface area contributed by atoms with Gasteiger partial charge in [0.15, 0.2) is 0 Å². The molecule has 0 aliphatic carbocycles. The van der Waals surface area contributed by atoms with Crippen LogP contribution in [0.3, 0.4) is 0 Å². The molecule has 0 radical (unpaired) electrons. The van der Waals surface area contributed by atoms with Crippen LogP contribution in [0.5, 0.6) is 0 Å². The minimum atomic E-state index is 0.347. The van der Waals surface area contributed by atoms with Gasteiger partial charge in [-0.05, 0) is 19.1 Å². The molecule has 2 N–H and O–H groups in total. The van der Waals surface area contributed by atoms with Crippen molar-refractivity contribution >= 4 is 5.69 Å². The van der Waals surface area contributed by atoms with Crippen molar-refractivity contribution in [2.24, 2.45) is 5.84 Å². The van der Waals surface area contributed by atoms with Crippen LogP contribution in [0.2, 0.25) is 0 Å². The van der Waals surface area contributed by atoms with E-state index in [0.29, 0.717) is 10.9 Å². The number of hydrogen-bond donors (Lipinski definition) is 1. The summed E-state index contributed by atoms with van der Waals surface area (Å²) in [6.45, 7) is 1.95. The van der Waals surface area contributed by atoms with E-state index in [2.05, 4.69) is 0 Å². The second-order valence-corrected chi connectivity index (χ2v) is 2.16. The van der Waals surface area contributed by atoms with Crippen LogP contribution in [0, 0.1) is 12.1 Å². The second-order valence-electron chi connectivity index (χ2n) is 2.16. The number of aryl methyl sites for hydroxylation is 1. The Morgan fingerprint density at radius 2 is 1.80 bits per heavy atom. The number of hydrazine groups is 1. The molecule has 0 bridgehead atoms. The number of rotatable bonds is 1. The average molecular weight is 137 g/mol. The number of benzene rings is 1. The Hall–Kier alpha value is -1.06. The van der Waals surface area contributed by atoms with Gasteiger partial charge in [0.2, 0.25) is 0 Å². The van der Waals surface area contributed by atoms with Crippen molar-refractivity contribution in [3.05, 3.63) is 35.0 Å². The van der Waals surface area contributed by atoms with Crippen LogP contribution in [0.25, 0.3) is 0 Å². The molecule has 0 saturated heterocycles. The Labute approximate surface area is 59.6 Å². The molecular weight excluding hydrogens is 128 g/mol. The lowest BCUT2D eigenvalue weighted by atomic mass is 10.2.